The van der Waals surface area contributed by atoms with Gasteiger partial charge in [-0.2, -0.15) is 0 Å². The molecule has 0 bridgehead atoms. The number of hydrogen-bond acceptors (Lipinski definition) is 5. The molecule has 0 spiro atoms. The minimum atomic E-state index is 0.559. The zero-order valence-corrected chi connectivity index (χ0v) is 31.4. The normalized spacial score (nSPS) is 12.1. The molecular formula is C53H30N4O2. The van der Waals surface area contributed by atoms with Gasteiger partial charge >= 0.3 is 0 Å². The summed E-state index contributed by atoms with van der Waals surface area (Å²) in [5.74, 6) is 1.72. The molecule has 6 heteroatoms. The van der Waals surface area contributed by atoms with Gasteiger partial charge in [0.1, 0.15) is 22.3 Å². The lowest BCUT2D eigenvalue weighted by Crippen LogP contribution is -2.04. The summed E-state index contributed by atoms with van der Waals surface area (Å²) in [6, 6.07) is 63.4. The van der Waals surface area contributed by atoms with Crippen LogP contribution in [0.1, 0.15) is 0 Å². The molecule has 0 saturated heterocycles. The van der Waals surface area contributed by atoms with E-state index in [1.54, 1.807) is 0 Å². The molecule has 6 nitrogen and oxygen atoms in total. The fourth-order valence-electron chi connectivity index (χ4n) is 8.99. The van der Waals surface area contributed by atoms with Gasteiger partial charge in [-0.1, -0.05) is 115 Å². The summed E-state index contributed by atoms with van der Waals surface area (Å²) in [6.07, 6.45) is 0. The number of aromatic nitrogens is 4. The molecule has 274 valence electrons. The summed E-state index contributed by atoms with van der Waals surface area (Å²) in [4.78, 5) is 16.0. The van der Waals surface area contributed by atoms with Crippen LogP contribution < -0.4 is 0 Å². The van der Waals surface area contributed by atoms with E-state index >= 15 is 0 Å². The van der Waals surface area contributed by atoms with Crippen LogP contribution in [-0.2, 0) is 0 Å². The average Bonchev–Trinajstić information content (AvgIpc) is 3.96. The third kappa shape index (κ3) is 4.90. The molecule has 0 unspecified atom stereocenters. The van der Waals surface area contributed by atoms with E-state index in [4.69, 9.17) is 23.8 Å². The molecule has 0 saturated carbocycles. The van der Waals surface area contributed by atoms with Crippen LogP contribution in [0.5, 0.6) is 0 Å². The minimum Gasteiger partial charge on any atom is -0.456 e. The first kappa shape index (κ1) is 32.0. The summed E-state index contributed by atoms with van der Waals surface area (Å²) in [5.41, 5.74) is 8.99. The number of nitrogens with zero attached hydrogens (tertiary/aromatic N) is 4. The van der Waals surface area contributed by atoms with Crippen molar-refractivity contribution in [2.75, 3.05) is 0 Å². The largest absolute Gasteiger partial charge is 0.456 e. The Hall–Kier alpha value is -8.09. The van der Waals surface area contributed by atoms with Crippen LogP contribution in [0, 0.1) is 0 Å². The van der Waals surface area contributed by atoms with Gasteiger partial charge in [-0.05, 0) is 82.2 Å². The van der Waals surface area contributed by atoms with E-state index in [0.29, 0.717) is 17.5 Å². The number of rotatable bonds is 4. The SMILES string of the molecule is c1ccc2cc(-c3nc(-c4ccc5oc6ccccc6c5c4)nc(-c4cc5c(cc4-n4c6ccccc6c6cc7ccccc7cc64)oc4ccccc45)n3)ccc2c1. The van der Waals surface area contributed by atoms with Crippen LogP contribution in [0.4, 0.5) is 0 Å². The number of hydrogen-bond donors (Lipinski definition) is 0. The van der Waals surface area contributed by atoms with E-state index in [1.165, 1.54) is 16.2 Å². The Morgan fingerprint density at radius 1 is 0.322 bits per heavy atom. The first-order valence-electron chi connectivity index (χ1n) is 19.8. The number of furan rings is 2. The molecule has 4 heterocycles. The van der Waals surface area contributed by atoms with Crippen molar-refractivity contribution >= 4 is 87.2 Å². The minimum absolute atomic E-state index is 0.559. The van der Waals surface area contributed by atoms with Gasteiger partial charge in [-0.15, -0.1) is 0 Å². The molecule has 0 fully saturated rings. The lowest BCUT2D eigenvalue weighted by Gasteiger charge is -2.15. The Morgan fingerprint density at radius 2 is 0.864 bits per heavy atom. The van der Waals surface area contributed by atoms with E-state index in [-0.39, 0.29) is 0 Å². The molecule has 13 aromatic rings. The third-order valence-electron chi connectivity index (χ3n) is 11.8. The topological polar surface area (TPSA) is 69.9 Å². The van der Waals surface area contributed by atoms with Crippen LogP contribution in [0.25, 0.3) is 127 Å². The first-order valence-corrected chi connectivity index (χ1v) is 19.8. The Balaban J connectivity index is 1.14. The monoisotopic (exact) mass is 754 g/mol. The molecule has 0 aliphatic heterocycles. The fourth-order valence-corrected chi connectivity index (χ4v) is 8.99. The number of benzene rings is 9. The van der Waals surface area contributed by atoms with Crippen molar-refractivity contribution in [2.45, 2.75) is 0 Å². The second-order valence-electron chi connectivity index (χ2n) is 15.2. The lowest BCUT2D eigenvalue weighted by molar-refractivity contribution is 0.668. The maximum absolute atomic E-state index is 6.60. The fraction of sp³-hybridized carbons (Fsp3) is 0. The van der Waals surface area contributed by atoms with Crippen LogP contribution in [-0.4, -0.2) is 19.5 Å². The first-order chi connectivity index (χ1) is 29.2. The van der Waals surface area contributed by atoms with E-state index in [9.17, 15) is 0 Å². The predicted octanol–water partition coefficient (Wildman–Crippen LogP) is 14.1. The van der Waals surface area contributed by atoms with Gasteiger partial charge < -0.3 is 13.4 Å². The molecular weight excluding hydrogens is 725 g/mol. The Bertz CT molecular complexity index is 3870. The van der Waals surface area contributed by atoms with Crippen molar-refractivity contribution in [2.24, 2.45) is 0 Å². The lowest BCUT2D eigenvalue weighted by atomic mass is 10.0. The standard InChI is InChI=1S/C53H30N4O2/c1-2-12-32-25-35(22-21-31(32)11-1)51-54-52(36-23-24-49-41(27-36)38-16-6-9-19-47(38)58-49)56-53(55-51)43-29-42-39-17-7-10-20-48(39)59-50(42)30-46(43)57-44-18-8-5-15-37(44)40-26-33-13-3-4-14-34(33)28-45(40)57/h1-30H. The smallest absolute Gasteiger partial charge is 0.166 e. The van der Waals surface area contributed by atoms with Crippen LogP contribution in [0.15, 0.2) is 191 Å². The molecule has 0 aliphatic rings. The second kappa shape index (κ2) is 12.2. The summed E-state index contributed by atoms with van der Waals surface area (Å²) >= 11 is 0. The second-order valence-corrected chi connectivity index (χ2v) is 15.2. The van der Waals surface area contributed by atoms with Gasteiger partial charge in [0.25, 0.3) is 0 Å². The van der Waals surface area contributed by atoms with Crippen LogP contribution in [0.3, 0.4) is 0 Å². The zero-order chi connectivity index (χ0) is 38.6. The van der Waals surface area contributed by atoms with E-state index in [2.05, 4.69) is 144 Å². The Labute approximate surface area is 336 Å². The molecule has 59 heavy (non-hydrogen) atoms. The van der Waals surface area contributed by atoms with Crippen molar-refractivity contribution in [1.82, 2.24) is 19.5 Å². The zero-order valence-electron chi connectivity index (χ0n) is 31.4. The summed E-state index contributed by atoms with van der Waals surface area (Å²) in [5, 5.41) is 11.0. The Kier molecular flexibility index (Phi) is 6.63. The summed E-state index contributed by atoms with van der Waals surface area (Å²) in [7, 11) is 0. The number of fused-ring (bicyclic) bond motifs is 11. The van der Waals surface area contributed by atoms with Gasteiger partial charge in [-0.3, -0.25) is 0 Å². The van der Waals surface area contributed by atoms with Gasteiger partial charge in [0.05, 0.1) is 16.7 Å². The maximum atomic E-state index is 6.60. The maximum Gasteiger partial charge on any atom is 0.166 e. The van der Waals surface area contributed by atoms with Crippen molar-refractivity contribution in [3.05, 3.63) is 182 Å². The molecule has 9 aromatic carbocycles. The molecule has 4 aromatic heterocycles. The van der Waals surface area contributed by atoms with Gasteiger partial charge in [0.15, 0.2) is 17.5 Å². The van der Waals surface area contributed by atoms with E-state index < -0.39 is 0 Å². The number of para-hydroxylation sites is 3. The molecule has 13 rings (SSSR count). The molecule has 0 N–H and O–H groups in total. The molecule has 0 atom stereocenters. The summed E-state index contributed by atoms with van der Waals surface area (Å²) < 4.78 is 15.2. The summed E-state index contributed by atoms with van der Waals surface area (Å²) in [6.45, 7) is 0. The molecule has 0 amide bonds. The van der Waals surface area contributed by atoms with Crippen molar-refractivity contribution in [3.8, 4) is 39.9 Å². The third-order valence-corrected chi connectivity index (χ3v) is 11.8. The average molecular weight is 755 g/mol. The van der Waals surface area contributed by atoms with Crippen LogP contribution in [0.2, 0.25) is 0 Å². The molecule has 0 radical (unpaired) electrons. The Morgan fingerprint density at radius 3 is 1.63 bits per heavy atom. The highest BCUT2D eigenvalue weighted by molar-refractivity contribution is 6.15. The quantitative estimate of drug-likeness (QED) is 0.179. The van der Waals surface area contributed by atoms with Gasteiger partial charge in [-0.25, -0.2) is 15.0 Å². The highest BCUT2D eigenvalue weighted by Crippen LogP contribution is 2.42. The molecule has 0 aliphatic carbocycles. The predicted molar refractivity (Wildman–Crippen MR) is 240 cm³/mol. The van der Waals surface area contributed by atoms with Gasteiger partial charge in [0.2, 0.25) is 0 Å². The van der Waals surface area contributed by atoms with E-state index in [0.717, 1.165) is 93.4 Å². The van der Waals surface area contributed by atoms with Gasteiger partial charge in [0, 0.05) is 55.1 Å². The van der Waals surface area contributed by atoms with Crippen molar-refractivity contribution < 1.29 is 8.83 Å². The highest BCUT2D eigenvalue weighted by atomic mass is 16.3. The van der Waals surface area contributed by atoms with Crippen molar-refractivity contribution in [3.63, 3.8) is 0 Å². The van der Waals surface area contributed by atoms with E-state index in [1.807, 2.05) is 42.5 Å². The van der Waals surface area contributed by atoms with Crippen molar-refractivity contribution in [1.29, 1.82) is 0 Å². The van der Waals surface area contributed by atoms with Crippen LogP contribution >= 0.6 is 0 Å². The highest BCUT2D eigenvalue weighted by Gasteiger charge is 2.23.